The average Bonchev–Trinajstić information content (AvgIpc) is 2.90. The van der Waals surface area contributed by atoms with Gasteiger partial charge in [0.1, 0.15) is 0 Å². The minimum absolute atomic E-state index is 0.00583. The molecule has 26 heavy (non-hydrogen) atoms. The first kappa shape index (κ1) is 17.2. The largest absolute Gasteiger partial charge is 0.339 e. The van der Waals surface area contributed by atoms with Crippen LogP contribution >= 0.6 is 0 Å². The number of amides is 1. The Hall–Kier alpha value is -2.27. The van der Waals surface area contributed by atoms with Crippen LogP contribution in [0.5, 0.6) is 0 Å². The zero-order valence-corrected chi connectivity index (χ0v) is 15.6. The van der Waals surface area contributed by atoms with Crippen molar-refractivity contribution >= 4 is 5.91 Å². The molecule has 2 aliphatic heterocycles. The van der Waals surface area contributed by atoms with Crippen LogP contribution in [0.4, 0.5) is 0 Å². The van der Waals surface area contributed by atoms with Gasteiger partial charge in [-0.1, -0.05) is 12.1 Å². The molecule has 2 fully saturated rings. The van der Waals surface area contributed by atoms with Gasteiger partial charge in [-0.05, 0) is 49.9 Å². The number of rotatable bonds is 3. The Morgan fingerprint density at radius 3 is 2.69 bits per heavy atom. The van der Waals surface area contributed by atoms with E-state index in [1.54, 1.807) is 6.20 Å². The monoisotopic (exact) mass is 350 g/mol. The summed E-state index contributed by atoms with van der Waals surface area (Å²) in [5, 5.41) is 0. The Morgan fingerprint density at radius 1 is 1.19 bits per heavy atom. The molecule has 5 heteroatoms. The Bertz CT molecular complexity index is 784. The van der Waals surface area contributed by atoms with E-state index in [9.17, 15) is 4.79 Å². The van der Waals surface area contributed by atoms with E-state index in [0.717, 1.165) is 55.8 Å². The van der Waals surface area contributed by atoms with Gasteiger partial charge < -0.3 is 4.90 Å². The lowest BCUT2D eigenvalue weighted by Gasteiger charge is -2.43. The molecule has 136 valence electrons. The maximum absolute atomic E-state index is 12.9. The first-order valence-electron chi connectivity index (χ1n) is 9.40. The summed E-state index contributed by atoms with van der Waals surface area (Å²) >= 11 is 0. The first-order chi connectivity index (χ1) is 12.6. The fourth-order valence-electron chi connectivity index (χ4n) is 4.50. The van der Waals surface area contributed by atoms with Crippen LogP contribution in [0, 0.1) is 6.92 Å². The maximum atomic E-state index is 12.9. The Balaban J connectivity index is 1.44. The molecule has 2 saturated heterocycles. The summed E-state index contributed by atoms with van der Waals surface area (Å²) in [7, 11) is 1.98. The predicted octanol–water partition coefficient (Wildman–Crippen LogP) is 2.77. The highest BCUT2D eigenvalue weighted by atomic mass is 16.2. The highest BCUT2D eigenvalue weighted by molar-refractivity contribution is 5.86. The summed E-state index contributed by atoms with van der Waals surface area (Å²) in [4.78, 5) is 26.2. The normalized spacial score (nSPS) is 22.9. The molecule has 2 aliphatic rings. The van der Waals surface area contributed by atoms with E-state index in [0.29, 0.717) is 0 Å². The van der Waals surface area contributed by atoms with Crippen molar-refractivity contribution in [1.82, 2.24) is 19.8 Å². The lowest BCUT2D eigenvalue weighted by Crippen LogP contribution is -2.51. The second-order valence-corrected chi connectivity index (χ2v) is 7.71. The van der Waals surface area contributed by atoms with E-state index in [1.165, 1.54) is 0 Å². The molecular weight excluding hydrogens is 324 g/mol. The van der Waals surface area contributed by atoms with Gasteiger partial charge in [-0.3, -0.25) is 19.7 Å². The summed E-state index contributed by atoms with van der Waals surface area (Å²) in [5.41, 5.74) is 3.24. The van der Waals surface area contributed by atoms with Gasteiger partial charge >= 0.3 is 0 Å². The van der Waals surface area contributed by atoms with Gasteiger partial charge in [-0.15, -0.1) is 0 Å². The van der Waals surface area contributed by atoms with Crippen LogP contribution in [0.2, 0.25) is 0 Å². The SMILES string of the molecule is Cc1cccc(CN2CCC3(CC2)CC(c2cccnc2)C(=O)N3C)n1. The molecule has 2 aromatic rings. The van der Waals surface area contributed by atoms with E-state index in [4.69, 9.17) is 0 Å². The first-order valence-corrected chi connectivity index (χ1v) is 9.40. The minimum atomic E-state index is -0.0429. The molecule has 0 bridgehead atoms. The summed E-state index contributed by atoms with van der Waals surface area (Å²) in [6.07, 6.45) is 6.56. The summed E-state index contributed by atoms with van der Waals surface area (Å²) in [6, 6.07) is 10.2. The van der Waals surface area contributed by atoms with E-state index in [1.807, 2.05) is 43.3 Å². The third kappa shape index (κ3) is 3.12. The number of carbonyl (C=O) groups excluding carboxylic acids is 1. The number of aromatic nitrogens is 2. The zero-order chi connectivity index (χ0) is 18.1. The molecule has 0 radical (unpaired) electrons. The number of carbonyl (C=O) groups is 1. The van der Waals surface area contributed by atoms with Crippen LogP contribution in [-0.2, 0) is 11.3 Å². The Labute approximate surface area is 155 Å². The maximum Gasteiger partial charge on any atom is 0.230 e. The molecule has 1 amide bonds. The van der Waals surface area contributed by atoms with Crippen molar-refractivity contribution < 1.29 is 4.79 Å². The molecule has 0 aliphatic carbocycles. The smallest absolute Gasteiger partial charge is 0.230 e. The molecule has 1 spiro atoms. The fraction of sp³-hybridized carbons (Fsp3) is 0.476. The molecule has 1 atom stereocenters. The third-order valence-corrected chi connectivity index (χ3v) is 6.13. The highest BCUT2D eigenvalue weighted by Gasteiger charge is 2.50. The number of pyridine rings is 2. The van der Waals surface area contributed by atoms with Crippen molar-refractivity contribution in [2.24, 2.45) is 0 Å². The second-order valence-electron chi connectivity index (χ2n) is 7.71. The van der Waals surface area contributed by atoms with Crippen LogP contribution in [0.25, 0.3) is 0 Å². The molecular formula is C21H26N4O. The van der Waals surface area contributed by atoms with Crippen LogP contribution in [0.15, 0.2) is 42.7 Å². The number of hydrogen-bond acceptors (Lipinski definition) is 4. The zero-order valence-electron chi connectivity index (χ0n) is 15.6. The fourth-order valence-corrected chi connectivity index (χ4v) is 4.50. The average molecular weight is 350 g/mol. The van der Waals surface area contributed by atoms with Gasteiger partial charge in [0.15, 0.2) is 0 Å². The summed E-state index contributed by atoms with van der Waals surface area (Å²) < 4.78 is 0. The van der Waals surface area contributed by atoms with Gasteiger partial charge in [0.05, 0.1) is 11.6 Å². The molecule has 0 aromatic carbocycles. The lowest BCUT2D eigenvalue weighted by molar-refractivity contribution is -0.131. The quantitative estimate of drug-likeness (QED) is 0.854. The molecule has 4 heterocycles. The topological polar surface area (TPSA) is 49.3 Å². The standard InChI is InChI=1S/C21H26N4O/c1-16-5-3-7-18(23-16)15-25-11-8-21(9-12-25)13-19(20(26)24(21)2)17-6-4-10-22-14-17/h3-7,10,14,19H,8-9,11-13,15H2,1-2H3. The molecule has 5 nitrogen and oxygen atoms in total. The van der Waals surface area contributed by atoms with Gasteiger partial charge in [-0.25, -0.2) is 0 Å². The lowest BCUT2D eigenvalue weighted by atomic mass is 9.81. The van der Waals surface area contributed by atoms with Gasteiger partial charge in [0.2, 0.25) is 5.91 Å². The van der Waals surface area contributed by atoms with Gasteiger partial charge in [0, 0.05) is 50.3 Å². The molecule has 2 aromatic heterocycles. The van der Waals surface area contributed by atoms with E-state index in [-0.39, 0.29) is 17.4 Å². The summed E-state index contributed by atoms with van der Waals surface area (Å²) in [5.74, 6) is 0.200. The highest BCUT2D eigenvalue weighted by Crippen LogP contribution is 2.44. The van der Waals surface area contributed by atoms with Crippen LogP contribution in [0.1, 0.15) is 42.1 Å². The molecule has 4 rings (SSSR count). The second kappa shape index (κ2) is 6.80. The number of likely N-dealkylation sites (N-methyl/N-ethyl adjacent to an activating group) is 1. The van der Waals surface area contributed by atoms with Crippen molar-refractivity contribution in [3.05, 3.63) is 59.7 Å². The number of hydrogen-bond donors (Lipinski definition) is 0. The van der Waals surface area contributed by atoms with Crippen molar-refractivity contribution in [3.63, 3.8) is 0 Å². The molecule has 0 N–H and O–H groups in total. The Morgan fingerprint density at radius 2 is 2.00 bits per heavy atom. The van der Waals surface area contributed by atoms with Gasteiger partial charge in [0.25, 0.3) is 0 Å². The van der Waals surface area contributed by atoms with E-state index < -0.39 is 0 Å². The van der Waals surface area contributed by atoms with Crippen molar-refractivity contribution in [1.29, 1.82) is 0 Å². The van der Waals surface area contributed by atoms with Crippen LogP contribution in [-0.4, -0.2) is 51.4 Å². The molecule has 1 unspecified atom stereocenters. The van der Waals surface area contributed by atoms with Crippen LogP contribution < -0.4 is 0 Å². The number of nitrogens with zero attached hydrogens (tertiary/aromatic N) is 4. The molecule has 0 saturated carbocycles. The Kier molecular flexibility index (Phi) is 4.49. The van der Waals surface area contributed by atoms with Crippen molar-refractivity contribution in [2.75, 3.05) is 20.1 Å². The van der Waals surface area contributed by atoms with E-state index in [2.05, 4.69) is 27.0 Å². The van der Waals surface area contributed by atoms with E-state index >= 15 is 0 Å². The number of aryl methyl sites for hydroxylation is 1. The number of likely N-dealkylation sites (tertiary alicyclic amines) is 2. The van der Waals surface area contributed by atoms with Crippen LogP contribution in [0.3, 0.4) is 0 Å². The predicted molar refractivity (Wildman–Crippen MR) is 101 cm³/mol. The van der Waals surface area contributed by atoms with Crippen molar-refractivity contribution in [2.45, 2.75) is 44.2 Å². The minimum Gasteiger partial charge on any atom is -0.339 e. The van der Waals surface area contributed by atoms with Crippen molar-refractivity contribution in [3.8, 4) is 0 Å². The van der Waals surface area contributed by atoms with Gasteiger partial charge in [-0.2, -0.15) is 0 Å². The summed E-state index contributed by atoms with van der Waals surface area (Å²) in [6.45, 7) is 4.94. The number of piperidine rings is 1. The third-order valence-electron chi connectivity index (χ3n) is 6.13.